The molecule has 0 radical (unpaired) electrons. The topological polar surface area (TPSA) is 115 Å². The maximum atomic E-state index is 13.7. The van der Waals surface area contributed by atoms with E-state index in [0.717, 1.165) is 25.7 Å². The summed E-state index contributed by atoms with van der Waals surface area (Å²) in [4.78, 5) is 40.2. The van der Waals surface area contributed by atoms with Crippen molar-refractivity contribution in [1.82, 2.24) is 20.5 Å². The van der Waals surface area contributed by atoms with E-state index in [0.29, 0.717) is 30.4 Å². The van der Waals surface area contributed by atoms with Crippen LogP contribution in [0.1, 0.15) is 38.5 Å². The highest BCUT2D eigenvalue weighted by atomic mass is 19.1. The third kappa shape index (κ3) is 5.27. The van der Waals surface area contributed by atoms with E-state index in [4.69, 9.17) is 0 Å². The minimum absolute atomic E-state index is 0.0539. The van der Waals surface area contributed by atoms with E-state index < -0.39 is 23.8 Å². The van der Waals surface area contributed by atoms with Gasteiger partial charge in [0.15, 0.2) is 0 Å². The first-order chi connectivity index (χ1) is 14.0. The summed E-state index contributed by atoms with van der Waals surface area (Å²) in [6.45, 7) is 0.272. The summed E-state index contributed by atoms with van der Waals surface area (Å²) in [5.41, 5.74) is 2.86. The Labute approximate surface area is 168 Å². The number of anilines is 1. The summed E-state index contributed by atoms with van der Waals surface area (Å²) in [7, 11) is 0. The molecule has 3 N–H and O–H groups in total. The van der Waals surface area contributed by atoms with E-state index in [2.05, 4.69) is 15.7 Å². The van der Waals surface area contributed by atoms with Gasteiger partial charge in [0.05, 0.1) is 18.2 Å². The Morgan fingerprint density at radius 3 is 2.86 bits per heavy atom. The van der Waals surface area contributed by atoms with Gasteiger partial charge in [0.25, 0.3) is 0 Å². The molecule has 0 bridgehead atoms. The molecule has 2 atom stereocenters. The van der Waals surface area contributed by atoms with Crippen LogP contribution in [0.15, 0.2) is 18.3 Å². The van der Waals surface area contributed by atoms with E-state index in [1.807, 2.05) is 0 Å². The second kappa shape index (κ2) is 9.75. The van der Waals surface area contributed by atoms with Crippen molar-refractivity contribution in [1.29, 1.82) is 0 Å². The maximum Gasteiger partial charge on any atom is 0.248 e. The molecule has 29 heavy (non-hydrogen) atoms. The molecule has 1 aliphatic heterocycles. The molecule has 1 aliphatic carbocycles. The van der Waals surface area contributed by atoms with Crippen molar-refractivity contribution in [2.24, 2.45) is 11.8 Å². The number of aromatic nitrogens is 1. The molecule has 1 unspecified atom stereocenters. The smallest absolute Gasteiger partial charge is 0.248 e. The molecule has 0 spiro atoms. The molecule has 3 amide bonds. The lowest BCUT2D eigenvalue weighted by molar-refractivity contribution is -0.159. The lowest BCUT2D eigenvalue weighted by Crippen LogP contribution is -2.51. The highest BCUT2D eigenvalue weighted by molar-refractivity contribution is 5.97. The highest BCUT2D eigenvalue weighted by Gasteiger charge is 2.39. The van der Waals surface area contributed by atoms with Crippen LogP contribution in [0.3, 0.4) is 0 Å². The molecule has 2 fully saturated rings. The predicted molar refractivity (Wildman–Crippen MR) is 101 cm³/mol. The first-order valence-corrected chi connectivity index (χ1v) is 9.88. The first-order valence-electron chi connectivity index (χ1n) is 9.88. The number of carbonyl (C=O) groups is 3. The van der Waals surface area contributed by atoms with Gasteiger partial charge in [-0.25, -0.2) is 15.5 Å². The van der Waals surface area contributed by atoms with Gasteiger partial charge in [-0.2, -0.15) is 4.39 Å². The Balaban J connectivity index is 1.70. The Morgan fingerprint density at radius 1 is 1.41 bits per heavy atom. The average molecular weight is 407 g/mol. The molecular weight excluding hydrogens is 381 g/mol. The van der Waals surface area contributed by atoms with Crippen molar-refractivity contribution in [3.8, 4) is 0 Å². The lowest BCUT2D eigenvalue weighted by atomic mass is 9.92. The number of rotatable bonds is 8. The number of hydroxylamine groups is 2. The van der Waals surface area contributed by atoms with Gasteiger partial charge in [-0.15, -0.1) is 0 Å². The summed E-state index contributed by atoms with van der Waals surface area (Å²) in [5.74, 6) is -1.97. The number of amides is 3. The number of carbonyl (C=O) groups excluding carboxylic acids is 3. The minimum atomic E-state index is -0.823. The molecule has 3 rings (SSSR count). The summed E-state index contributed by atoms with van der Waals surface area (Å²) in [6.07, 6.45) is 6.67. The van der Waals surface area contributed by atoms with Crippen LogP contribution in [-0.4, -0.2) is 57.6 Å². The fourth-order valence-electron chi connectivity index (χ4n) is 4.10. The summed E-state index contributed by atoms with van der Waals surface area (Å²) in [6, 6.07) is 2.07. The van der Waals surface area contributed by atoms with E-state index in [1.165, 1.54) is 23.3 Å². The Kier molecular flexibility index (Phi) is 7.10. The Morgan fingerprint density at radius 2 is 2.17 bits per heavy atom. The van der Waals surface area contributed by atoms with Gasteiger partial charge < -0.3 is 5.32 Å². The molecule has 1 aromatic heterocycles. The van der Waals surface area contributed by atoms with Gasteiger partial charge in [0, 0.05) is 12.7 Å². The zero-order valence-electron chi connectivity index (χ0n) is 16.1. The van der Waals surface area contributed by atoms with Gasteiger partial charge >= 0.3 is 0 Å². The average Bonchev–Trinajstić information content (AvgIpc) is 3.40. The van der Waals surface area contributed by atoms with Crippen LogP contribution in [0.25, 0.3) is 0 Å². The number of nitrogens with one attached hydrogen (secondary N) is 2. The molecule has 10 heteroatoms. The zero-order valence-corrected chi connectivity index (χ0v) is 16.1. The number of nitrogens with zero attached hydrogens (tertiary/aromatic N) is 3. The van der Waals surface area contributed by atoms with Crippen molar-refractivity contribution < 1.29 is 24.0 Å². The van der Waals surface area contributed by atoms with Crippen LogP contribution >= 0.6 is 0 Å². The van der Waals surface area contributed by atoms with Crippen LogP contribution < -0.4 is 10.7 Å². The van der Waals surface area contributed by atoms with Crippen LogP contribution in [-0.2, 0) is 14.4 Å². The summed E-state index contributed by atoms with van der Waals surface area (Å²) in [5, 5.41) is 13.8. The predicted octanol–water partition coefficient (Wildman–Crippen LogP) is 1.31. The maximum absolute atomic E-state index is 13.7. The second-order valence-corrected chi connectivity index (χ2v) is 7.56. The normalized spacial score (nSPS) is 20.5. The monoisotopic (exact) mass is 407 g/mol. The lowest BCUT2D eigenvalue weighted by Gasteiger charge is -2.29. The van der Waals surface area contributed by atoms with E-state index in [9.17, 15) is 24.0 Å². The molecule has 9 nitrogen and oxygen atoms in total. The number of halogens is 1. The van der Waals surface area contributed by atoms with E-state index in [-0.39, 0.29) is 24.5 Å². The summed E-state index contributed by atoms with van der Waals surface area (Å²) >= 11 is 0. The zero-order chi connectivity index (χ0) is 20.8. The van der Waals surface area contributed by atoms with Crippen LogP contribution in [0.4, 0.5) is 10.1 Å². The largest absolute Gasteiger partial charge is 0.320 e. The van der Waals surface area contributed by atoms with Crippen LogP contribution in [0.2, 0.25) is 0 Å². The fraction of sp³-hybridized carbons (Fsp3) is 0.579. The molecule has 1 saturated carbocycles. The number of hydrogen-bond donors (Lipinski definition) is 3. The molecule has 1 saturated heterocycles. The molecular formula is C19H26FN5O4. The van der Waals surface area contributed by atoms with Crippen molar-refractivity contribution in [3.05, 3.63) is 24.3 Å². The minimum Gasteiger partial charge on any atom is -0.320 e. The third-order valence-electron chi connectivity index (χ3n) is 5.54. The molecule has 2 heterocycles. The SMILES string of the molecule is O=CN(O)CC(CC1CCCC1)C(=O)N1NCC[C@H]1C(=O)Nc1cccnc1F. The Hall–Kier alpha value is -2.59. The number of hydrazine groups is 1. The Bertz CT molecular complexity index is 743. The van der Waals surface area contributed by atoms with Crippen LogP contribution in [0, 0.1) is 17.8 Å². The van der Waals surface area contributed by atoms with Gasteiger partial charge in [-0.05, 0) is 30.9 Å². The molecule has 1 aromatic rings. The van der Waals surface area contributed by atoms with Gasteiger partial charge in [-0.1, -0.05) is 25.7 Å². The van der Waals surface area contributed by atoms with Crippen molar-refractivity contribution >= 4 is 23.9 Å². The molecule has 158 valence electrons. The highest BCUT2D eigenvalue weighted by Crippen LogP contribution is 2.31. The number of hydrogen-bond acceptors (Lipinski definition) is 6. The number of pyridine rings is 1. The van der Waals surface area contributed by atoms with Gasteiger partial charge in [-0.3, -0.25) is 24.6 Å². The van der Waals surface area contributed by atoms with E-state index in [1.54, 1.807) is 0 Å². The summed E-state index contributed by atoms with van der Waals surface area (Å²) < 4.78 is 13.7. The van der Waals surface area contributed by atoms with Gasteiger partial charge in [0.1, 0.15) is 6.04 Å². The van der Waals surface area contributed by atoms with Crippen molar-refractivity contribution in [2.75, 3.05) is 18.4 Å². The van der Waals surface area contributed by atoms with Crippen LogP contribution in [0.5, 0.6) is 0 Å². The molecule has 0 aromatic carbocycles. The van der Waals surface area contributed by atoms with E-state index >= 15 is 0 Å². The second-order valence-electron chi connectivity index (χ2n) is 7.56. The quantitative estimate of drug-likeness (QED) is 0.259. The van der Waals surface area contributed by atoms with Crippen molar-refractivity contribution in [2.45, 2.75) is 44.6 Å². The van der Waals surface area contributed by atoms with Crippen molar-refractivity contribution in [3.63, 3.8) is 0 Å². The fourth-order valence-corrected chi connectivity index (χ4v) is 4.10. The third-order valence-corrected chi connectivity index (χ3v) is 5.54. The molecule has 2 aliphatic rings. The van der Waals surface area contributed by atoms with Gasteiger partial charge in [0.2, 0.25) is 24.2 Å². The first kappa shape index (κ1) is 21.1. The standard InChI is InChI=1S/C19H26FN5O4/c20-17-15(6-3-8-21-17)23-18(27)16-7-9-22-25(16)19(28)14(11-24(29)12-26)10-13-4-1-2-5-13/h3,6,8,12-14,16,22,29H,1-2,4-5,7,9-11H2,(H,23,27)/t14?,16-/m0/s1.